The zero-order valence-corrected chi connectivity index (χ0v) is 11.1. The Morgan fingerprint density at radius 3 is 2.39 bits per heavy atom. The molecule has 5 nitrogen and oxygen atoms in total. The molecular weight excluding hydrogens is 236 g/mol. The van der Waals surface area contributed by atoms with Gasteiger partial charge in [-0.05, 0) is 12.1 Å². The van der Waals surface area contributed by atoms with Crippen LogP contribution < -0.4 is 4.89 Å². The molecule has 0 amide bonds. The van der Waals surface area contributed by atoms with E-state index in [9.17, 15) is 4.79 Å². The second-order valence-corrected chi connectivity index (χ2v) is 3.71. The lowest BCUT2D eigenvalue weighted by molar-refractivity contribution is -0.455. The van der Waals surface area contributed by atoms with Crippen molar-refractivity contribution in [2.24, 2.45) is 0 Å². The lowest BCUT2D eigenvalue weighted by Crippen LogP contribution is -2.34. The van der Waals surface area contributed by atoms with Crippen molar-refractivity contribution >= 4 is 5.78 Å². The second-order valence-electron chi connectivity index (χ2n) is 3.71. The minimum Gasteiger partial charge on any atom is -0.331 e. The third-order valence-electron chi connectivity index (χ3n) is 2.53. The highest BCUT2D eigenvalue weighted by molar-refractivity contribution is 5.98. The normalized spacial score (nSPS) is 11.3. The van der Waals surface area contributed by atoms with E-state index < -0.39 is 5.97 Å². The van der Waals surface area contributed by atoms with Crippen molar-refractivity contribution in [1.29, 1.82) is 0 Å². The molecule has 0 spiro atoms. The average Bonchev–Trinajstić information content (AvgIpc) is 2.44. The fraction of sp³-hybridized carbons (Fsp3) is 0.462. The summed E-state index contributed by atoms with van der Waals surface area (Å²) in [7, 11) is 2.85. The van der Waals surface area contributed by atoms with Crippen molar-refractivity contribution in [2.75, 3.05) is 14.2 Å². The Labute approximate surface area is 107 Å². The van der Waals surface area contributed by atoms with E-state index in [2.05, 4.69) is 0 Å². The third-order valence-corrected chi connectivity index (χ3v) is 2.53. The molecular formula is C13H18O5. The number of carbonyl (C=O) groups is 1. The molecule has 0 saturated heterocycles. The minimum absolute atomic E-state index is 0.0225. The summed E-state index contributed by atoms with van der Waals surface area (Å²) in [5, 5.41) is 0. The lowest BCUT2D eigenvalue weighted by atomic mass is 10.1. The van der Waals surface area contributed by atoms with E-state index in [1.165, 1.54) is 14.2 Å². The summed E-state index contributed by atoms with van der Waals surface area (Å²) in [6.07, 6.45) is 0.395. The van der Waals surface area contributed by atoms with Crippen molar-refractivity contribution in [3.63, 3.8) is 0 Å². The molecule has 0 N–H and O–H groups in total. The average molecular weight is 254 g/mol. The van der Waals surface area contributed by atoms with Gasteiger partial charge in [-0.15, -0.1) is 4.89 Å². The molecule has 0 fully saturated rings. The van der Waals surface area contributed by atoms with Crippen LogP contribution in [0.2, 0.25) is 0 Å². The molecule has 5 heteroatoms. The molecule has 0 aliphatic carbocycles. The summed E-state index contributed by atoms with van der Waals surface area (Å²) in [5.41, 5.74) is 0.467. The molecule has 0 saturated carbocycles. The van der Waals surface area contributed by atoms with E-state index in [1.54, 1.807) is 38.1 Å². The Morgan fingerprint density at radius 2 is 1.83 bits per heavy atom. The van der Waals surface area contributed by atoms with E-state index in [4.69, 9.17) is 19.2 Å². The quantitative estimate of drug-likeness (QED) is 0.324. The summed E-state index contributed by atoms with van der Waals surface area (Å²) in [5.74, 6) is -1.00. The number of ketones is 1. The van der Waals surface area contributed by atoms with E-state index in [0.717, 1.165) is 0 Å². The van der Waals surface area contributed by atoms with Gasteiger partial charge in [0.1, 0.15) is 0 Å². The highest BCUT2D eigenvalue weighted by Gasteiger charge is 2.27. The first kappa shape index (κ1) is 14.6. The van der Waals surface area contributed by atoms with Gasteiger partial charge in [0.25, 0.3) is 0 Å². The summed E-state index contributed by atoms with van der Waals surface area (Å²) >= 11 is 0. The molecule has 100 valence electrons. The second kappa shape index (κ2) is 6.49. The molecule has 0 radical (unpaired) electrons. The van der Waals surface area contributed by atoms with Crippen LogP contribution in [0.3, 0.4) is 0 Å². The Hall–Kier alpha value is -1.43. The Kier molecular flexibility index (Phi) is 5.27. The molecule has 18 heavy (non-hydrogen) atoms. The zero-order chi connectivity index (χ0) is 13.6. The highest BCUT2D eigenvalue weighted by atomic mass is 17.3. The highest BCUT2D eigenvalue weighted by Crippen LogP contribution is 2.22. The molecule has 0 atom stereocenters. The van der Waals surface area contributed by atoms with E-state index >= 15 is 0 Å². The van der Waals surface area contributed by atoms with Gasteiger partial charge in [-0.25, -0.2) is 0 Å². The molecule has 1 rings (SSSR count). The van der Waals surface area contributed by atoms with Crippen LogP contribution >= 0.6 is 0 Å². The summed E-state index contributed by atoms with van der Waals surface area (Å²) in [6, 6.07) is 6.85. The van der Waals surface area contributed by atoms with Crippen molar-refractivity contribution in [2.45, 2.75) is 26.2 Å². The van der Waals surface area contributed by atoms with Crippen LogP contribution in [0.15, 0.2) is 24.3 Å². The van der Waals surface area contributed by atoms with Crippen molar-refractivity contribution in [1.82, 2.24) is 0 Å². The molecule has 0 aliphatic rings. The van der Waals surface area contributed by atoms with Crippen molar-refractivity contribution in [3.05, 3.63) is 29.8 Å². The molecule has 0 bridgehead atoms. The minimum atomic E-state index is -1.32. The molecule has 0 aromatic heterocycles. The van der Waals surface area contributed by atoms with Gasteiger partial charge in [0.2, 0.25) is 0 Å². The van der Waals surface area contributed by atoms with Gasteiger partial charge >= 0.3 is 5.97 Å². The third kappa shape index (κ3) is 3.53. The van der Waals surface area contributed by atoms with Crippen LogP contribution in [0.25, 0.3) is 0 Å². The Morgan fingerprint density at radius 1 is 1.22 bits per heavy atom. The van der Waals surface area contributed by atoms with Crippen LogP contribution in [0.4, 0.5) is 0 Å². The van der Waals surface area contributed by atoms with Crippen LogP contribution in [0, 0.1) is 0 Å². The number of hydrogen-bond acceptors (Lipinski definition) is 5. The number of methoxy groups -OCH3 is 2. The monoisotopic (exact) mass is 254 g/mol. The van der Waals surface area contributed by atoms with E-state index in [0.29, 0.717) is 17.7 Å². The number of hydrogen-bond donors (Lipinski definition) is 0. The lowest BCUT2D eigenvalue weighted by Gasteiger charge is -2.24. The smallest absolute Gasteiger partial charge is 0.319 e. The predicted octanol–water partition coefficient (Wildman–Crippen LogP) is 2.56. The van der Waals surface area contributed by atoms with Crippen molar-refractivity contribution in [3.8, 4) is 5.75 Å². The largest absolute Gasteiger partial charge is 0.331 e. The standard InChI is InChI=1S/C13H18O5/c1-5-11(14)10-8-6-7-9-12(10)17-18-13(2,15-3)16-4/h6-9H,5H2,1-4H3. The summed E-state index contributed by atoms with van der Waals surface area (Å²) in [6.45, 7) is 3.34. The fourth-order valence-electron chi connectivity index (χ4n) is 1.23. The maximum absolute atomic E-state index is 11.7. The van der Waals surface area contributed by atoms with Gasteiger partial charge < -0.3 is 14.4 Å². The number of ether oxygens (including phenoxy) is 2. The van der Waals surface area contributed by atoms with Gasteiger partial charge in [-0.1, -0.05) is 19.1 Å². The molecule has 0 heterocycles. The molecule has 1 aromatic rings. The fourth-order valence-corrected chi connectivity index (χ4v) is 1.23. The van der Waals surface area contributed by atoms with Gasteiger partial charge in [0, 0.05) is 27.6 Å². The summed E-state index contributed by atoms with van der Waals surface area (Å²) in [4.78, 5) is 21.9. The maximum atomic E-state index is 11.7. The molecule has 0 aliphatic heterocycles. The van der Waals surface area contributed by atoms with E-state index in [1.807, 2.05) is 0 Å². The Bertz CT molecular complexity index is 398. The summed E-state index contributed by atoms with van der Waals surface area (Å²) < 4.78 is 9.96. The van der Waals surface area contributed by atoms with E-state index in [-0.39, 0.29) is 5.78 Å². The number of rotatable bonds is 7. The molecule has 0 unspecified atom stereocenters. The molecule has 1 aromatic carbocycles. The predicted molar refractivity (Wildman–Crippen MR) is 65.2 cm³/mol. The number of Topliss-reactive ketones (excluding diaryl/α,β-unsaturated/α-hetero) is 1. The first-order valence-electron chi connectivity index (χ1n) is 5.64. The first-order valence-corrected chi connectivity index (χ1v) is 5.64. The van der Waals surface area contributed by atoms with Crippen molar-refractivity contribution < 1.29 is 24.0 Å². The SMILES string of the molecule is CCC(=O)c1ccccc1OOC(C)(OC)OC. The topological polar surface area (TPSA) is 54.0 Å². The van der Waals surface area contributed by atoms with Gasteiger partial charge in [-0.2, -0.15) is 0 Å². The van der Waals surface area contributed by atoms with Gasteiger partial charge in [-0.3, -0.25) is 4.79 Å². The number of carbonyl (C=O) groups excluding carboxylic acids is 1. The number of para-hydroxylation sites is 1. The zero-order valence-electron chi connectivity index (χ0n) is 11.1. The first-order chi connectivity index (χ1) is 8.56. The van der Waals surface area contributed by atoms with Crippen LogP contribution in [0.5, 0.6) is 5.75 Å². The van der Waals surface area contributed by atoms with Crippen LogP contribution in [-0.2, 0) is 14.4 Å². The van der Waals surface area contributed by atoms with Crippen LogP contribution in [-0.4, -0.2) is 26.0 Å². The number of benzene rings is 1. The van der Waals surface area contributed by atoms with Gasteiger partial charge in [0.15, 0.2) is 11.5 Å². The van der Waals surface area contributed by atoms with Gasteiger partial charge in [0.05, 0.1) is 5.56 Å². The maximum Gasteiger partial charge on any atom is 0.319 e. The van der Waals surface area contributed by atoms with Crippen LogP contribution in [0.1, 0.15) is 30.6 Å². The Balaban J connectivity index is 2.82.